The van der Waals surface area contributed by atoms with E-state index in [4.69, 9.17) is 11.6 Å². The predicted octanol–water partition coefficient (Wildman–Crippen LogP) is 1.78. The number of benzene rings is 1. The van der Waals surface area contributed by atoms with E-state index in [1.807, 2.05) is 4.90 Å². The van der Waals surface area contributed by atoms with Gasteiger partial charge in [-0.15, -0.1) is 0 Å². The maximum absolute atomic E-state index is 12.7. The third-order valence-electron chi connectivity index (χ3n) is 4.92. The van der Waals surface area contributed by atoms with Crippen molar-refractivity contribution in [1.29, 1.82) is 0 Å². The van der Waals surface area contributed by atoms with E-state index in [0.29, 0.717) is 30.8 Å². The number of amides is 1. The van der Waals surface area contributed by atoms with Gasteiger partial charge in [-0.3, -0.25) is 9.89 Å². The van der Waals surface area contributed by atoms with Gasteiger partial charge in [0.15, 0.2) is 0 Å². The summed E-state index contributed by atoms with van der Waals surface area (Å²) < 4.78 is 0. The summed E-state index contributed by atoms with van der Waals surface area (Å²) >= 11 is 5.98. The van der Waals surface area contributed by atoms with Crippen molar-refractivity contribution in [1.82, 2.24) is 20.4 Å². The van der Waals surface area contributed by atoms with Crippen molar-refractivity contribution in [3.63, 3.8) is 0 Å². The molecule has 132 valence electrons. The van der Waals surface area contributed by atoms with Crippen LogP contribution in [0.3, 0.4) is 0 Å². The number of halogens is 1. The fourth-order valence-corrected chi connectivity index (χ4v) is 3.73. The zero-order chi connectivity index (χ0) is 17.6. The van der Waals surface area contributed by atoms with Gasteiger partial charge in [0.2, 0.25) is 5.91 Å². The number of phenolic OH excluding ortho intramolecular Hbond substituents is 2. The largest absolute Gasteiger partial charge is 0.507 e. The van der Waals surface area contributed by atoms with Crippen LogP contribution in [0.15, 0.2) is 12.1 Å². The van der Waals surface area contributed by atoms with E-state index in [9.17, 15) is 15.0 Å². The van der Waals surface area contributed by atoms with Crippen molar-refractivity contribution < 1.29 is 15.0 Å². The number of rotatable bonds is 2. The summed E-state index contributed by atoms with van der Waals surface area (Å²) in [6.07, 6.45) is 2.58. The summed E-state index contributed by atoms with van der Waals surface area (Å²) in [6, 6.07) is 2.59. The van der Waals surface area contributed by atoms with E-state index < -0.39 is 0 Å². The number of carbonyl (C=O) groups excluding carboxylic acids is 1. The summed E-state index contributed by atoms with van der Waals surface area (Å²) in [5, 5.41) is 30.5. The van der Waals surface area contributed by atoms with Crippen LogP contribution in [-0.2, 0) is 17.8 Å². The zero-order valence-electron chi connectivity index (χ0n) is 13.5. The molecule has 4 N–H and O–H groups in total. The van der Waals surface area contributed by atoms with Crippen molar-refractivity contribution in [2.24, 2.45) is 0 Å². The molecule has 2 aliphatic rings. The average Bonchev–Trinajstić information content (AvgIpc) is 3.26. The highest BCUT2D eigenvalue weighted by Gasteiger charge is 2.31. The Hall–Kier alpha value is -2.25. The van der Waals surface area contributed by atoms with Crippen molar-refractivity contribution in [3.8, 4) is 22.8 Å². The molecular formula is C17H19ClN4O3. The van der Waals surface area contributed by atoms with Crippen LogP contribution in [0.2, 0.25) is 5.02 Å². The molecule has 0 bridgehead atoms. The number of hydrogen-bond acceptors (Lipinski definition) is 5. The van der Waals surface area contributed by atoms with Crippen molar-refractivity contribution in [3.05, 3.63) is 28.4 Å². The number of phenols is 2. The van der Waals surface area contributed by atoms with Gasteiger partial charge in [-0.1, -0.05) is 11.6 Å². The molecule has 25 heavy (non-hydrogen) atoms. The summed E-state index contributed by atoms with van der Waals surface area (Å²) in [4.78, 5) is 14.5. The Morgan fingerprint density at radius 2 is 2.16 bits per heavy atom. The Morgan fingerprint density at radius 3 is 2.92 bits per heavy atom. The van der Waals surface area contributed by atoms with Gasteiger partial charge in [0.1, 0.15) is 17.2 Å². The highest BCUT2D eigenvalue weighted by atomic mass is 35.5. The molecule has 0 aliphatic carbocycles. The van der Waals surface area contributed by atoms with Crippen LogP contribution in [0.25, 0.3) is 11.3 Å². The van der Waals surface area contributed by atoms with Gasteiger partial charge in [-0.05, 0) is 25.5 Å². The van der Waals surface area contributed by atoms with Crippen LogP contribution in [0, 0.1) is 0 Å². The van der Waals surface area contributed by atoms with E-state index in [0.717, 1.165) is 30.6 Å². The molecule has 1 saturated heterocycles. The molecule has 1 fully saturated rings. The monoisotopic (exact) mass is 362 g/mol. The molecule has 8 heteroatoms. The highest BCUT2D eigenvalue weighted by molar-refractivity contribution is 6.32. The number of nitrogens with zero attached hydrogens (tertiary/aromatic N) is 2. The molecule has 2 aromatic rings. The lowest BCUT2D eigenvalue weighted by atomic mass is 9.99. The molecule has 0 radical (unpaired) electrons. The topological polar surface area (TPSA) is 101 Å². The Labute approximate surface area is 149 Å². The molecule has 3 heterocycles. The van der Waals surface area contributed by atoms with Crippen molar-refractivity contribution in [2.75, 3.05) is 13.1 Å². The van der Waals surface area contributed by atoms with Crippen molar-refractivity contribution >= 4 is 17.5 Å². The molecule has 1 atom stereocenters. The predicted molar refractivity (Wildman–Crippen MR) is 92.5 cm³/mol. The second-order valence-electron chi connectivity index (χ2n) is 6.51. The summed E-state index contributed by atoms with van der Waals surface area (Å²) in [7, 11) is 0. The summed E-state index contributed by atoms with van der Waals surface area (Å²) in [6.45, 7) is 1.97. The van der Waals surface area contributed by atoms with Gasteiger partial charge < -0.3 is 20.4 Å². The lowest BCUT2D eigenvalue weighted by Crippen LogP contribution is -2.45. The van der Waals surface area contributed by atoms with Gasteiger partial charge in [0, 0.05) is 42.4 Å². The molecule has 1 amide bonds. The molecule has 1 aromatic heterocycles. The van der Waals surface area contributed by atoms with Crippen LogP contribution in [-0.4, -0.2) is 50.3 Å². The first kappa shape index (κ1) is 16.2. The maximum atomic E-state index is 12.7. The number of fused-ring (bicyclic) bond motifs is 1. The molecule has 0 spiro atoms. The van der Waals surface area contributed by atoms with Gasteiger partial charge in [-0.25, -0.2) is 0 Å². The first-order chi connectivity index (χ1) is 12.0. The smallest absolute Gasteiger partial charge is 0.240 e. The Morgan fingerprint density at radius 1 is 1.32 bits per heavy atom. The van der Waals surface area contributed by atoms with Gasteiger partial charge in [0.25, 0.3) is 0 Å². The summed E-state index contributed by atoms with van der Waals surface area (Å²) in [5.74, 6) is -0.170. The molecule has 0 saturated carbocycles. The average molecular weight is 363 g/mol. The second kappa shape index (κ2) is 6.24. The molecular weight excluding hydrogens is 344 g/mol. The molecule has 1 aromatic carbocycles. The van der Waals surface area contributed by atoms with Gasteiger partial charge >= 0.3 is 0 Å². The Bertz CT molecular complexity index is 830. The van der Waals surface area contributed by atoms with E-state index in [2.05, 4.69) is 15.5 Å². The fourth-order valence-electron chi connectivity index (χ4n) is 3.56. The minimum atomic E-state index is -0.184. The third kappa shape index (κ3) is 2.83. The molecule has 4 rings (SSSR count). The number of carbonyl (C=O) groups is 1. The number of H-pyrrole nitrogens is 1. The van der Waals surface area contributed by atoms with Crippen LogP contribution in [0.1, 0.15) is 24.1 Å². The molecule has 0 unspecified atom stereocenters. The number of aromatic nitrogens is 2. The molecule has 2 aliphatic heterocycles. The number of hydrogen-bond donors (Lipinski definition) is 4. The lowest BCUT2D eigenvalue weighted by molar-refractivity contribution is -0.134. The van der Waals surface area contributed by atoms with E-state index in [-0.39, 0.29) is 28.5 Å². The molecule has 7 nitrogen and oxygen atoms in total. The normalized spacial score (nSPS) is 19.9. The number of aromatic amines is 1. The van der Waals surface area contributed by atoms with E-state index in [1.165, 1.54) is 12.1 Å². The minimum Gasteiger partial charge on any atom is -0.507 e. The lowest BCUT2D eigenvalue weighted by Gasteiger charge is -2.29. The second-order valence-corrected chi connectivity index (χ2v) is 6.92. The van der Waals surface area contributed by atoms with Crippen LogP contribution >= 0.6 is 11.6 Å². The maximum Gasteiger partial charge on any atom is 0.240 e. The van der Waals surface area contributed by atoms with E-state index >= 15 is 0 Å². The standard InChI is InChI=1S/C17H19ClN4O3/c18-11-6-9(14(23)7-15(11)24)16-10-8-22(5-3-12(10)20-21-16)17(25)13-2-1-4-19-13/h6-7,13,19,23-24H,1-5,8H2,(H,20,21)/t13-/m0/s1. The number of nitrogens with one attached hydrogen (secondary N) is 2. The van der Waals surface area contributed by atoms with Gasteiger partial charge in [0.05, 0.1) is 11.1 Å². The third-order valence-corrected chi connectivity index (χ3v) is 5.23. The summed E-state index contributed by atoms with van der Waals surface area (Å²) in [5.41, 5.74) is 2.84. The van der Waals surface area contributed by atoms with E-state index in [1.54, 1.807) is 0 Å². The zero-order valence-corrected chi connectivity index (χ0v) is 14.3. The highest BCUT2D eigenvalue weighted by Crippen LogP contribution is 2.39. The SMILES string of the molecule is O=C([C@@H]1CCCN1)N1CCc2[nH]nc(-c3cc(Cl)c(O)cc3O)c2C1. The van der Waals surface area contributed by atoms with Crippen LogP contribution in [0.4, 0.5) is 0 Å². The first-order valence-corrected chi connectivity index (χ1v) is 8.72. The van der Waals surface area contributed by atoms with Crippen molar-refractivity contribution in [2.45, 2.75) is 31.8 Å². The van der Waals surface area contributed by atoms with Crippen LogP contribution in [0.5, 0.6) is 11.5 Å². The minimum absolute atomic E-state index is 0.0999. The Kier molecular flexibility index (Phi) is 4.05. The van der Waals surface area contributed by atoms with Crippen LogP contribution < -0.4 is 5.32 Å². The quantitative estimate of drug-likeness (QED) is 0.652. The van der Waals surface area contributed by atoms with Gasteiger partial charge in [-0.2, -0.15) is 5.10 Å². The first-order valence-electron chi connectivity index (χ1n) is 8.34. The number of aromatic hydroxyl groups is 2. The Balaban J connectivity index is 1.65. The fraction of sp³-hybridized carbons (Fsp3) is 0.412.